The average molecular weight is 363 g/mol. The summed E-state index contributed by atoms with van der Waals surface area (Å²) in [6.45, 7) is 6.29. The smallest absolute Gasteiger partial charge is 0.262 e. The molecule has 138 valence electrons. The number of ether oxygens (including phenoxy) is 2. The summed E-state index contributed by atoms with van der Waals surface area (Å²) in [5.41, 5.74) is 2.96. The summed E-state index contributed by atoms with van der Waals surface area (Å²) >= 11 is 0. The predicted octanol–water partition coefficient (Wildman–Crippen LogP) is 4.54. The van der Waals surface area contributed by atoms with Crippen molar-refractivity contribution in [3.05, 3.63) is 71.7 Å². The first-order valence-electron chi connectivity index (χ1n) is 8.67. The number of para-hydroxylation sites is 3. The molecule has 0 fully saturated rings. The van der Waals surface area contributed by atoms with Crippen molar-refractivity contribution in [3.63, 3.8) is 0 Å². The third-order valence-corrected chi connectivity index (χ3v) is 4.00. The van der Waals surface area contributed by atoms with Crippen LogP contribution in [0.25, 0.3) is 0 Å². The minimum absolute atomic E-state index is 0.167. The number of hydrogen-bond donors (Lipinski definition) is 1. The number of amides is 1. The fourth-order valence-corrected chi connectivity index (χ4v) is 2.66. The highest BCUT2D eigenvalue weighted by atomic mass is 16.5. The molecule has 0 aliphatic heterocycles. The summed E-state index contributed by atoms with van der Waals surface area (Å²) in [5.74, 6) is 0.900. The van der Waals surface area contributed by atoms with Gasteiger partial charge in [-0.25, -0.2) is 9.97 Å². The number of aryl methyl sites for hydroxylation is 2. The molecule has 0 unspecified atom stereocenters. The summed E-state index contributed by atoms with van der Waals surface area (Å²) in [6, 6.07) is 13.1. The lowest BCUT2D eigenvalue weighted by atomic mass is 10.1. The summed E-state index contributed by atoms with van der Waals surface area (Å²) < 4.78 is 11.4. The number of hydrogen-bond acceptors (Lipinski definition) is 5. The quantitative estimate of drug-likeness (QED) is 0.696. The van der Waals surface area contributed by atoms with E-state index in [9.17, 15) is 4.79 Å². The van der Waals surface area contributed by atoms with Gasteiger partial charge in [-0.05, 0) is 44.0 Å². The van der Waals surface area contributed by atoms with Crippen LogP contribution in [0.1, 0.15) is 28.4 Å². The van der Waals surface area contributed by atoms with Gasteiger partial charge in [0.1, 0.15) is 11.9 Å². The van der Waals surface area contributed by atoms with Gasteiger partial charge in [-0.3, -0.25) is 4.79 Å². The van der Waals surface area contributed by atoms with Gasteiger partial charge in [0.15, 0.2) is 11.5 Å². The zero-order valence-corrected chi connectivity index (χ0v) is 15.5. The van der Waals surface area contributed by atoms with E-state index < -0.39 is 0 Å². The molecular weight excluding hydrogens is 342 g/mol. The fourth-order valence-electron chi connectivity index (χ4n) is 2.66. The first kappa shape index (κ1) is 18.4. The third kappa shape index (κ3) is 4.23. The lowest BCUT2D eigenvalue weighted by Gasteiger charge is -2.14. The van der Waals surface area contributed by atoms with E-state index in [-0.39, 0.29) is 17.4 Å². The van der Waals surface area contributed by atoms with Crippen molar-refractivity contribution in [2.75, 3.05) is 11.9 Å². The molecule has 0 bridgehead atoms. The molecule has 0 saturated heterocycles. The third-order valence-electron chi connectivity index (χ3n) is 4.00. The normalized spacial score (nSPS) is 10.3. The van der Waals surface area contributed by atoms with E-state index in [1.54, 1.807) is 12.1 Å². The number of anilines is 1. The highest BCUT2D eigenvalue weighted by Crippen LogP contribution is 2.32. The standard InChI is InChI=1S/C21H21N3O3/c1-4-26-17-10-5-6-11-18(17)27-21-16(12-22-13-23-21)20(25)24-19-14(2)8-7-9-15(19)3/h5-13H,4H2,1-3H3,(H,24,25). The maximum absolute atomic E-state index is 12.8. The Morgan fingerprint density at radius 1 is 1.04 bits per heavy atom. The van der Waals surface area contributed by atoms with E-state index in [1.165, 1.54) is 12.5 Å². The maximum atomic E-state index is 12.8. The summed E-state index contributed by atoms with van der Waals surface area (Å²) in [4.78, 5) is 20.9. The lowest BCUT2D eigenvalue weighted by Crippen LogP contribution is -2.15. The van der Waals surface area contributed by atoms with Crippen molar-refractivity contribution in [1.29, 1.82) is 0 Å². The first-order valence-corrected chi connectivity index (χ1v) is 8.67. The van der Waals surface area contributed by atoms with Crippen molar-refractivity contribution < 1.29 is 14.3 Å². The molecule has 0 spiro atoms. The highest BCUT2D eigenvalue weighted by Gasteiger charge is 2.18. The van der Waals surface area contributed by atoms with Gasteiger partial charge in [-0.2, -0.15) is 0 Å². The largest absolute Gasteiger partial charge is 0.490 e. The highest BCUT2D eigenvalue weighted by molar-refractivity contribution is 6.06. The molecule has 0 aliphatic carbocycles. The molecule has 3 rings (SSSR count). The van der Waals surface area contributed by atoms with Gasteiger partial charge in [0.2, 0.25) is 5.88 Å². The predicted molar refractivity (Wildman–Crippen MR) is 104 cm³/mol. The Bertz CT molecular complexity index is 937. The van der Waals surface area contributed by atoms with Crippen LogP contribution in [0.3, 0.4) is 0 Å². The zero-order valence-electron chi connectivity index (χ0n) is 15.5. The SMILES string of the molecule is CCOc1ccccc1Oc1ncncc1C(=O)Nc1c(C)cccc1C. The van der Waals surface area contributed by atoms with Crippen molar-refractivity contribution in [2.24, 2.45) is 0 Å². The molecule has 3 aromatic rings. The van der Waals surface area contributed by atoms with Gasteiger partial charge in [0.05, 0.1) is 6.61 Å². The van der Waals surface area contributed by atoms with Crippen LogP contribution in [0, 0.1) is 13.8 Å². The Morgan fingerprint density at radius 3 is 2.44 bits per heavy atom. The summed E-state index contributed by atoms with van der Waals surface area (Å²) in [7, 11) is 0. The van der Waals surface area contributed by atoms with Crippen LogP contribution >= 0.6 is 0 Å². The second-order valence-corrected chi connectivity index (χ2v) is 5.94. The molecule has 6 heteroatoms. The minimum Gasteiger partial charge on any atom is -0.490 e. The minimum atomic E-state index is -0.336. The van der Waals surface area contributed by atoms with Gasteiger partial charge in [-0.15, -0.1) is 0 Å². The van der Waals surface area contributed by atoms with Gasteiger partial charge in [0, 0.05) is 11.9 Å². The average Bonchev–Trinajstić information content (AvgIpc) is 2.67. The molecule has 1 heterocycles. The van der Waals surface area contributed by atoms with Crippen molar-refractivity contribution >= 4 is 11.6 Å². The van der Waals surface area contributed by atoms with Crippen LogP contribution in [0.5, 0.6) is 17.4 Å². The van der Waals surface area contributed by atoms with Crippen LogP contribution < -0.4 is 14.8 Å². The van der Waals surface area contributed by atoms with Crippen molar-refractivity contribution in [3.8, 4) is 17.4 Å². The molecule has 27 heavy (non-hydrogen) atoms. The molecule has 1 amide bonds. The van der Waals surface area contributed by atoms with Gasteiger partial charge in [-0.1, -0.05) is 30.3 Å². The van der Waals surface area contributed by atoms with E-state index >= 15 is 0 Å². The Labute approximate surface area is 158 Å². The number of carbonyl (C=O) groups excluding carboxylic acids is 1. The molecule has 0 radical (unpaired) electrons. The summed E-state index contributed by atoms with van der Waals surface area (Å²) in [6.07, 6.45) is 2.78. The summed E-state index contributed by atoms with van der Waals surface area (Å²) in [5, 5.41) is 2.93. The number of aromatic nitrogens is 2. The first-order chi connectivity index (χ1) is 13.1. The Morgan fingerprint density at radius 2 is 1.74 bits per heavy atom. The van der Waals surface area contributed by atoms with E-state index in [1.807, 2.05) is 51.1 Å². The molecule has 0 aliphatic rings. The van der Waals surface area contributed by atoms with Crippen LogP contribution in [0.15, 0.2) is 55.0 Å². The van der Waals surface area contributed by atoms with Gasteiger partial charge in [0.25, 0.3) is 5.91 Å². The van der Waals surface area contributed by atoms with Gasteiger partial charge < -0.3 is 14.8 Å². The van der Waals surface area contributed by atoms with Crippen LogP contribution in [-0.4, -0.2) is 22.5 Å². The van der Waals surface area contributed by atoms with Crippen molar-refractivity contribution in [2.45, 2.75) is 20.8 Å². The number of benzene rings is 2. The Balaban J connectivity index is 1.89. The lowest BCUT2D eigenvalue weighted by molar-refractivity contribution is 0.102. The molecule has 6 nitrogen and oxygen atoms in total. The van der Waals surface area contributed by atoms with Crippen LogP contribution in [0.4, 0.5) is 5.69 Å². The maximum Gasteiger partial charge on any atom is 0.262 e. The molecule has 1 aromatic heterocycles. The second-order valence-electron chi connectivity index (χ2n) is 5.94. The van der Waals surface area contributed by atoms with Crippen molar-refractivity contribution in [1.82, 2.24) is 9.97 Å². The van der Waals surface area contributed by atoms with Crippen LogP contribution in [0.2, 0.25) is 0 Å². The molecule has 0 atom stereocenters. The van der Waals surface area contributed by atoms with E-state index in [2.05, 4.69) is 15.3 Å². The zero-order chi connectivity index (χ0) is 19.2. The fraction of sp³-hybridized carbons (Fsp3) is 0.190. The number of nitrogens with zero attached hydrogens (tertiary/aromatic N) is 2. The Hall–Kier alpha value is -3.41. The number of rotatable bonds is 6. The monoisotopic (exact) mass is 363 g/mol. The van der Waals surface area contributed by atoms with E-state index in [0.717, 1.165) is 16.8 Å². The Kier molecular flexibility index (Phi) is 5.66. The topological polar surface area (TPSA) is 73.3 Å². The number of carbonyl (C=O) groups is 1. The van der Waals surface area contributed by atoms with Crippen LogP contribution in [-0.2, 0) is 0 Å². The molecular formula is C21H21N3O3. The van der Waals surface area contributed by atoms with E-state index in [4.69, 9.17) is 9.47 Å². The number of nitrogens with one attached hydrogen (secondary N) is 1. The van der Waals surface area contributed by atoms with Gasteiger partial charge >= 0.3 is 0 Å². The van der Waals surface area contributed by atoms with E-state index in [0.29, 0.717) is 18.1 Å². The molecule has 0 saturated carbocycles. The molecule has 1 N–H and O–H groups in total. The second kappa shape index (κ2) is 8.31. The molecule has 2 aromatic carbocycles.